The number of hydrogen-bond acceptors (Lipinski definition) is 5. The van der Waals surface area contributed by atoms with Crippen LogP contribution in [0.4, 0.5) is 5.69 Å². The molecule has 2 aromatic rings. The lowest BCUT2D eigenvalue weighted by atomic mass is 9.92. The van der Waals surface area contributed by atoms with Crippen LogP contribution < -0.4 is 5.32 Å². The van der Waals surface area contributed by atoms with E-state index in [1.54, 1.807) is 12.3 Å². The minimum Gasteiger partial charge on any atom is -0.452 e. The summed E-state index contributed by atoms with van der Waals surface area (Å²) < 4.78 is 5.01. The average molecular weight is 372 g/mol. The van der Waals surface area contributed by atoms with E-state index >= 15 is 0 Å². The topological polar surface area (TPSA) is 68.3 Å². The Morgan fingerprint density at radius 2 is 1.85 bits per heavy atom. The zero-order valence-electron chi connectivity index (χ0n) is 15.5. The molecule has 1 aromatic heterocycles. The average Bonchev–Trinajstić information content (AvgIpc) is 3.11. The summed E-state index contributed by atoms with van der Waals surface area (Å²) in [4.78, 5) is 28.0. The Morgan fingerprint density at radius 1 is 1.19 bits per heavy atom. The van der Waals surface area contributed by atoms with Gasteiger partial charge in [0.05, 0.1) is 0 Å². The van der Waals surface area contributed by atoms with E-state index in [1.165, 1.54) is 17.4 Å². The van der Waals surface area contributed by atoms with Gasteiger partial charge in [0.15, 0.2) is 6.61 Å². The summed E-state index contributed by atoms with van der Waals surface area (Å²) in [5.41, 5.74) is 2.95. The second-order valence-corrected chi connectivity index (χ2v) is 7.41. The molecule has 1 amide bonds. The van der Waals surface area contributed by atoms with Gasteiger partial charge in [-0.25, -0.2) is 9.78 Å². The van der Waals surface area contributed by atoms with E-state index in [1.807, 2.05) is 23.6 Å². The third-order valence-electron chi connectivity index (χ3n) is 3.80. The van der Waals surface area contributed by atoms with Crippen LogP contribution in [0.2, 0.25) is 0 Å². The number of benzene rings is 1. The van der Waals surface area contributed by atoms with Crippen LogP contribution in [0, 0.1) is 0 Å². The van der Waals surface area contributed by atoms with Crippen molar-refractivity contribution in [1.82, 2.24) is 4.98 Å². The van der Waals surface area contributed by atoms with Gasteiger partial charge >= 0.3 is 5.97 Å². The molecule has 0 atom stereocenters. The maximum Gasteiger partial charge on any atom is 0.331 e. The molecular weight excluding hydrogens is 348 g/mol. The molecule has 0 bridgehead atoms. The van der Waals surface area contributed by atoms with Crippen LogP contribution in [-0.4, -0.2) is 23.5 Å². The van der Waals surface area contributed by atoms with E-state index in [0.29, 0.717) is 5.01 Å². The number of nitrogens with zero attached hydrogens (tertiary/aromatic N) is 1. The molecule has 0 aliphatic carbocycles. The number of amides is 1. The van der Waals surface area contributed by atoms with Crippen LogP contribution in [0.5, 0.6) is 0 Å². The quantitative estimate of drug-likeness (QED) is 0.570. The molecule has 0 saturated carbocycles. The Balaban J connectivity index is 2.00. The molecule has 0 spiro atoms. The number of para-hydroxylation sites is 1. The zero-order valence-corrected chi connectivity index (χ0v) is 16.3. The zero-order chi connectivity index (χ0) is 19.1. The molecule has 5 nitrogen and oxygen atoms in total. The predicted molar refractivity (Wildman–Crippen MR) is 105 cm³/mol. The summed E-state index contributed by atoms with van der Waals surface area (Å²) in [6.07, 6.45) is 4.49. The summed E-state index contributed by atoms with van der Waals surface area (Å²) in [5, 5.41) is 5.44. The minimum atomic E-state index is -0.573. The van der Waals surface area contributed by atoms with Gasteiger partial charge in [-0.1, -0.05) is 45.9 Å². The molecule has 26 heavy (non-hydrogen) atoms. The van der Waals surface area contributed by atoms with E-state index in [9.17, 15) is 9.59 Å². The largest absolute Gasteiger partial charge is 0.452 e. The monoisotopic (exact) mass is 372 g/mol. The van der Waals surface area contributed by atoms with Crippen LogP contribution >= 0.6 is 11.3 Å². The van der Waals surface area contributed by atoms with E-state index in [-0.39, 0.29) is 24.3 Å². The van der Waals surface area contributed by atoms with Crippen LogP contribution in [0.1, 0.15) is 55.7 Å². The van der Waals surface area contributed by atoms with Crippen molar-refractivity contribution in [2.45, 2.75) is 39.5 Å². The lowest BCUT2D eigenvalue weighted by molar-refractivity contribution is -0.142. The summed E-state index contributed by atoms with van der Waals surface area (Å²) >= 11 is 1.41. The van der Waals surface area contributed by atoms with Crippen molar-refractivity contribution < 1.29 is 14.3 Å². The number of rotatable bonds is 7. The fourth-order valence-corrected chi connectivity index (χ4v) is 3.04. The Bertz CT molecular complexity index is 754. The van der Waals surface area contributed by atoms with E-state index in [0.717, 1.165) is 16.8 Å². The molecule has 0 fully saturated rings. The van der Waals surface area contributed by atoms with Gasteiger partial charge in [0, 0.05) is 23.3 Å². The molecule has 0 saturated heterocycles. The summed E-state index contributed by atoms with van der Waals surface area (Å²) in [6, 6.07) is 6.02. The van der Waals surface area contributed by atoms with E-state index in [2.05, 4.69) is 38.0 Å². The third kappa shape index (κ3) is 5.52. The normalized spacial score (nSPS) is 11.3. The van der Waals surface area contributed by atoms with Gasteiger partial charge in [-0.15, -0.1) is 11.3 Å². The second-order valence-electron chi connectivity index (χ2n) is 6.48. The maximum absolute atomic E-state index is 12.3. The lowest BCUT2D eigenvalue weighted by Gasteiger charge is -2.20. The molecule has 1 aromatic carbocycles. The van der Waals surface area contributed by atoms with Crippen LogP contribution in [0.3, 0.4) is 0 Å². The molecular formula is C20H24N2O3S. The molecule has 0 unspecified atom stereocenters. The van der Waals surface area contributed by atoms with Crippen molar-refractivity contribution in [2.24, 2.45) is 0 Å². The van der Waals surface area contributed by atoms with Gasteiger partial charge in [-0.2, -0.15) is 0 Å². The first-order valence-electron chi connectivity index (χ1n) is 8.55. The molecule has 0 aliphatic heterocycles. The molecule has 0 aliphatic rings. The van der Waals surface area contributed by atoms with E-state index in [4.69, 9.17) is 4.74 Å². The number of nitrogens with one attached hydrogen (secondary N) is 1. The number of ether oxygens (including phenoxy) is 1. The number of anilines is 1. The van der Waals surface area contributed by atoms with E-state index < -0.39 is 5.97 Å². The highest BCUT2D eigenvalue weighted by molar-refractivity contribution is 7.10. The van der Waals surface area contributed by atoms with Crippen molar-refractivity contribution in [3.8, 4) is 0 Å². The number of esters is 1. The fraction of sp³-hybridized carbons (Fsp3) is 0.350. The Kier molecular flexibility index (Phi) is 7.09. The SMILES string of the molecule is CC(C)c1cccc(C(C)C)c1NC(=O)COC(=O)C=Cc1nccs1. The van der Waals surface area contributed by atoms with Gasteiger partial charge in [0.25, 0.3) is 5.91 Å². The number of carbonyl (C=O) groups excluding carboxylic acids is 2. The molecule has 1 N–H and O–H groups in total. The molecule has 2 rings (SSSR count). The predicted octanol–water partition coefficient (Wildman–Crippen LogP) is 4.59. The number of hydrogen-bond donors (Lipinski definition) is 1. The fourth-order valence-electron chi connectivity index (χ4n) is 2.51. The van der Waals surface area contributed by atoms with Gasteiger partial charge in [0.2, 0.25) is 0 Å². The highest BCUT2D eigenvalue weighted by atomic mass is 32.1. The van der Waals surface area contributed by atoms with Gasteiger partial charge in [-0.05, 0) is 29.0 Å². The highest BCUT2D eigenvalue weighted by Gasteiger charge is 2.16. The Labute approximate surface area is 158 Å². The van der Waals surface area contributed by atoms with Crippen LogP contribution in [0.15, 0.2) is 35.9 Å². The first-order valence-corrected chi connectivity index (χ1v) is 9.43. The van der Waals surface area contributed by atoms with Gasteiger partial charge in [0.1, 0.15) is 5.01 Å². The molecule has 138 valence electrons. The summed E-state index contributed by atoms with van der Waals surface area (Å²) in [6.45, 7) is 8.00. The van der Waals surface area contributed by atoms with Crippen molar-refractivity contribution in [2.75, 3.05) is 11.9 Å². The minimum absolute atomic E-state index is 0.271. The van der Waals surface area contributed by atoms with Crippen molar-refractivity contribution in [3.63, 3.8) is 0 Å². The van der Waals surface area contributed by atoms with Crippen LogP contribution in [-0.2, 0) is 14.3 Å². The van der Waals surface area contributed by atoms with Crippen molar-refractivity contribution >= 4 is 35.0 Å². The summed E-state index contributed by atoms with van der Waals surface area (Å²) in [7, 11) is 0. The number of aromatic nitrogens is 1. The number of thiazole rings is 1. The highest BCUT2D eigenvalue weighted by Crippen LogP contribution is 2.32. The van der Waals surface area contributed by atoms with Gasteiger partial charge in [-0.3, -0.25) is 4.79 Å². The first kappa shape index (κ1) is 19.8. The van der Waals surface area contributed by atoms with Gasteiger partial charge < -0.3 is 10.1 Å². The lowest BCUT2D eigenvalue weighted by Crippen LogP contribution is -2.22. The number of carbonyl (C=O) groups is 2. The smallest absolute Gasteiger partial charge is 0.331 e. The maximum atomic E-state index is 12.3. The summed E-state index contributed by atoms with van der Waals surface area (Å²) in [5.74, 6) is -0.381. The van der Waals surface area contributed by atoms with Crippen molar-refractivity contribution in [3.05, 3.63) is 52.0 Å². The second kappa shape index (κ2) is 9.29. The Morgan fingerprint density at radius 3 is 2.38 bits per heavy atom. The molecule has 6 heteroatoms. The van der Waals surface area contributed by atoms with Crippen LogP contribution in [0.25, 0.3) is 6.08 Å². The molecule has 1 heterocycles. The molecule has 0 radical (unpaired) electrons. The van der Waals surface area contributed by atoms with Crippen molar-refractivity contribution in [1.29, 1.82) is 0 Å². The third-order valence-corrected chi connectivity index (χ3v) is 4.54. The standard InChI is InChI=1S/C20H24N2O3S/c1-13(2)15-6-5-7-16(14(3)4)20(15)22-17(23)12-25-19(24)9-8-18-21-10-11-26-18/h5-11,13-14H,12H2,1-4H3,(H,22,23). The Hall–Kier alpha value is -2.47. The first-order chi connectivity index (χ1) is 12.4.